The molecule has 8 nitrogen and oxygen atoms in total. The molecule has 0 aliphatic carbocycles. The lowest BCUT2D eigenvalue weighted by atomic mass is 10.1. The van der Waals surface area contributed by atoms with Crippen LogP contribution in [0.1, 0.15) is 29.7 Å². The number of aryl methyl sites for hydroxylation is 3. The molecular formula is C24H24FN5O3S2. The molecule has 3 heterocycles. The number of hydrogen-bond acceptors (Lipinski definition) is 6. The van der Waals surface area contributed by atoms with Crippen molar-refractivity contribution < 1.29 is 17.6 Å². The van der Waals surface area contributed by atoms with Crippen molar-refractivity contribution in [3.05, 3.63) is 65.1 Å². The number of fused-ring (bicyclic) bond motifs is 1. The van der Waals surface area contributed by atoms with Gasteiger partial charge in [-0.15, -0.1) is 0 Å². The summed E-state index contributed by atoms with van der Waals surface area (Å²) in [4.78, 5) is 18.0. The molecule has 0 bridgehead atoms. The van der Waals surface area contributed by atoms with E-state index in [1.807, 2.05) is 20.8 Å². The normalized spacial score (nSPS) is 16.7. The van der Waals surface area contributed by atoms with E-state index in [1.54, 1.807) is 10.7 Å². The van der Waals surface area contributed by atoms with Crippen LogP contribution in [-0.4, -0.2) is 46.0 Å². The lowest BCUT2D eigenvalue weighted by Crippen LogP contribution is -2.43. The molecule has 0 saturated carbocycles. The summed E-state index contributed by atoms with van der Waals surface area (Å²) >= 11 is 1.47. The molecule has 0 spiro atoms. The van der Waals surface area contributed by atoms with E-state index in [2.05, 4.69) is 22.5 Å². The van der Waals surface area contributed by atoms with E-state index in [4.69, 9.17) is 4.98 Å². The number of benzene rings is 2. The number of rotatable bonds is 5. The Morgan fingerprint density at radius 3 is 2.63 bits per heavy atom. The average molecular weight is 514 g/mol. The number of carbonyl (C=O) groups excluding carboxylic acids is 1. The van der Waals surface area contributed by atoms with Gasteiger partial charge in [0.05, 0.1) is 20.8 Å². The zero-order chi connectivity index (χ0) is 24.9. The Balaban J connectivity index is 1.44. The van der Waals surface area contributed by atoms with E-state index in [0.717, 1.165) is 33.5 Å². The summed E-state index contributed by atoms with van der Waals surface area (Å²) in [6.07, 6.45) is 0.937. The SMILES string of the molecule is Cc1cc(C)c2nc(-n3nc(C)cc3NC(=O)C3CCCN3S(=O)(=O)c3ccc(F)cc3)sc2c1. The van der Waals surface area contributed by atoms with E-state index < -0.39 is 27.8 Å². The van der Waals surface area contributed by atoms with E-state index >= 15 is 0 Å². The molecule has 1 unspecified atom stereocenters. The van der Waals surface area contributed by atoms with Crippen molar-refractivity contribution >= 4 is 43.3 Å². The Hall–Kier alpha value is -3.15. The molecule has 5 rings (SSSR count). The minimum atomic E-state index is -3.95. The van der Waals surface area contributed by atoms with Crippen molar-refractivity contribution in [3.63, 3.8) is 0 Å². The second-order valence-corrected chi connectivity index (χ2v) is 11.6. The fourth-order valence-electron chi connectivity index (χ4n) is 4.43. The molecule has 1 N–H and O–H groups in total. The van der Waals surface area contributed by atoms with Gasteiger partial charge in [-0.3, -0.25) is 4.79 Å². The predicted molar refractivity (Wildman–Crippen MR) is 133 cm³/mol. The number of aromatic nitrogens is 3. The zero-order valence-corrected chi connectivity index (χ0v) is 21.1. The van der Waals surface area contributed by atoms with Gasteiger partial charge < -0.3 is 5.32 Å². The molecule has 1 amide bonds. The molecule has 0 radical (unpaired) electrons. The number of anilines is 1. The van der Waals surface area contributed by atoms with Gasteiger partial charge in [-0.25, -0.2) is 17.8 Å². The third-order valence-electron chi connectivity index (χ3n) is 6.01. The maximum Gasteiger partial charge on any atom is 0.243 e. The first kappa shape index (κ1) is 23.6. The van der Waals surface area contributed by atoms with Gasteiger partial charge in [0, 0.05) is 12.6 Å². The van der Waals surface area contributed by atoms with E-state index in [9.17, 15) is 17.6 Å². The van der Waals surface area contributed by atoms with Crippen LogP contribution in [0.15, 0.2) is 47.4 Å². The zero-order valence-electron chi connectivity index (χ0n) is 19.4. The van der Waals surface area contributed by atoms with Crippen molar-refractivity contribution in [2.75, 3.05) is 11.9 Å². The summed E-state index contributed by atoms with van der Waals surface area (Å²) in [6, 6.07) is 9.61. The number of nitrogens with one attached hydrogen (secondary N) is 1. The van der Waals surface area contributed by atoms with Crippen LogP contribution in [0, 0.1) is 26.6 Å². The summed E-state index contributed by atoms with van der Waals surface area (Å²) < 4.78 is 43.4. The number of hydrogen-bond donors (Lipinski definition) is 1. The van der Waals surface area contributed by atoms with E-state index in [1.165, 1.54) is 27.8 Å². The van der Waals surface area contributed by atoms with Crippen LogP contribution in [0.25, 0.3) is 15.3 Å². The van der Waals surface area contributed by atoms with Crippen LogP contribution in [-0.2, 0) is 14.8 Å². The number of sulfonamides is 1. The van der Waals surface area contributed by atoms with Crippen LogP contribution in [0.4, 0.5) is 10.2 Å². The van der Waals surface area contributed by atoms with Gasteiger partial charge in [-0.05, 0) is 75.1 Å². The molecule has 11 heteroatoms. The highest BCUT2D eigenvalue weighted by molar-refractivity contribution is 7.89. The van der Waals surface area contributed by atoms with Gasteiger partial charge >= 0.3 is 0 Å². The molecule has 35 heavy (non-hydrogen) atoms. The Bertz CT molecular complexity index is 1540. The van der Waals surface area contributed by atoms with Crippen LogP contribution >= 0.6 is 11.3 Å². The summed E-state index contributed by atoms with van der Waals surface area (Å²) in [7, 11) is -3.95. The molecule has 4 aromatic rings. The minimum Gasteiger partial charge on any atom is -0.309 e. The molecule has 1 atom stereocenters. The fraction of sp³-hybridized carbons (Fsp3) is 0.292. The first-order valence-corrected chi connectivity index (χ1v) is 13.4. The second-order valence-electron chi connectivity index (χ2n) is 8.72. The van der Waals surface area contributed by atoms with E-state index in [0.29, 0.717) is 29.5 Å². The first-order chi connectivity index (χ1) is 16.6. The molecular weight excluding hydrogens is 489 g/mol. The molecule has 1 saturated heterocycles. The second kappa shape index (κ2) is 8.81. The van der Waals surface area contributed by atoms with Crippen LogP contribution in [0.5, 0.6) is 0 Å². The Kier molecular flexibility index (Phi) is 5.94. The quantitative estimate of drug-likeness (QED) is 0.428. The molecule has 1 aliphatic heterocycles. The largest absolute Gasteiger partial charge is 0.309 e. The van der Waals surface area contributed by atoms with Crippen molar-refractivity contribution in [1.29, 1.82) is 0 Å². The number of halogens is 1. The molecule has 1 fully saturated rings. The van der Waals surface area contributed by atoms with E-state index in [-0.39, 0.29) is 11.4 Å². The van der Waals surface area contributed by atoms with Gasteiger partial charge in [0.1, 0.15) is 17.7 Å². The maximum atomic E-state index is 13.3. The van der Waals surface area contributed by atoms with Crippen molar-refractivity contribution in [2.24, 2.45) is 0 Å². The van der Waals surface area contributed by atoms with Gasteiger partial charge in [-0.2, -0.15) is 14.1 Å². The standard InChI is InChI=1S/C24H24FN5O3S2/c1-14-11-15(2)22-20(12-14)34-24(27-22)30-21(13-16(3)28-30)26-23(31)19-5-4-10-29(19)35(32,33)18-8-6-17(25)7-9-18/h6-9,11-13,19H,4-5,10H2,1-3H3,(H,26,31). The monoisotopic (exact) mass is 513 g/mol. The Morgan fingerprint density at radius 1 is 1.14 bits per heavy atom. The van der Waals surface area contributed by atoms with Gasteiger partial charge in [0.25, 0.3) is 0 Å². The van der Waals surface area contributed by atoms with Crippen molar-refractivity contribution in [1.82, 2.24) is 19.1 Å². The fourth-order valence-corrected chi connectivity index (χ4v) is 7.19. The number of nitrogens with zero attached hydrogens (tertiary/aromatic N) is 4. The smallest absolute Gasteiger partial charge is 0.243 e. The molecule has 182 valence electrons. The van der Waals surface area contributed by atoms with Gasteiger partial charge in [-0.1, -0.05) is 17.4 Å². The first-order valence-electron chi connectivity index (χ1n) is 11.2. The summed E-state index contributed by atoms with van der Waals surface area (Å²) in [5.74, 6) is -0.544. The molecule has 2 aromatic heterocycles. The summed E-state index contributed by atoms with van der Waals surface area (Å²) in [5.41, 5.74) is 3.77. The Morgan fingerprint density at radius 2 is 1.89 bits per heavy atom. The third-order valence-corrected chi connectivity index (χ3v) is 8.91. The highest BCUT2D eigenvalue weighted by atomic mass is 32.2. The minimum absolute atomic E-state index is 0.0420. The number of thiazole rings is 1. The van der Waals surface area contributed by atoms with Crippen LogP contribution in [0.2, 0.25) is 0 Å². The highest BCUT2D eigenvalue weighted by Crippen LogP contribution is 2.31. The van der Waals surface area contributed by atoms with Gasteiger partial charge in [0.2, 0.25) is 21.1 Å². The predicted octanol–water partition coefficient (Wildman–Crippen LogP) is 4.34. The Labute approximate surface area is 206 Å². The molecule has 2 aromatic carbocycles. The van der Waals surface area contributed by atoms with Gasteiger partial charge in [0.15, 0.2) is 0 Å². The summed E-state index contributed by atoms with van der Waals surface area (Å²) in [5, 5.41) is 7.99. The molecule has 1 aliphatic rings. The average Bonchev–Trinajstić information content (AvgIpc) is 3.52. The lowest BCUT2D eigenvalue weighted by Gasteiger charge is -2.23. The van der Waals surface area contributed by atoms with Crippen LogP contribution < -0.4 is 5.32 Å². The van der Waals surface area contributed by atoms with Crippen molar-refractivity contribution in [2.45, 2.75) is 44.6 Å². The number of amides is 1. The number of carbonyl (C=O) groups is 1. The summed E-state index contributed by atoms with van der Waals surface area (Å²) in [6.45, 7) is 6.07. The highest BCUT2D eigenvalue weighted by Gasteiger charge is 2.39. The lowest BCUT2D eigenvalue weighted by molar-refractivity contribution is -0.119. The third kappa shape index (κ3) is 4.35. The van der Waals surface area contributed by atoms with Crippen LogP contribution in [0.3, 0.4) is 0 Å². The van der Waals surface area contributed by atoms with Crippen molar-refractivity contribution in [3.8, 4) is 5.13 Å². The topological polar surface area (TPSA) is 97.2 Å². The maximum absolute atomic E-state index is 13.3.